The van der Waals surface area contributed by atoms with Gasteiger partial charge in [-0.3, -0.25) is 4.79 Å². The molecule has 1 aliphatic carbocycles. The zero-order chi connectivity index (χ0) is 11.6. The van der Waals surface area contributed by atoms with Gasteiger partial charge in [0.05, 0.1) is 11.1 Å². The van der Waals surface area contributed by atoms with Crippen molar-refractivity contribution in [1.82, 2.24) is 5.32 Å². The maximum absolute atomic E-state index is 11.9. The van der Waals surface area contributed by atoms with Gasteiger partial charge in [0.2, 0.25) is 0 Å². The van der Waals surface area contributed by atoms with Gasteiger partial charge in [0, 0.05) is 12.6 Å². The van der Waals surface area contributed by atoms with Crippen LogP contribution in [0, 0.1) is 0 Å². The lowest BCUT2D eigenvalue weighted by Crippen LogP contribution is -2.51. The van der Waals surface area contributed by atoms with Crippen molar-refractivity contribution in [2.45, 2.75) is 31.2 Å². The van der Waals surface area contributed by atoms with Crippen molar-refractivity contribution in [3.8, 4) is 0 Å². The normalized spacial score (nSPS) is 18.6. The molecule has 0 unspecified atom stereocenters. The van der Waals surface area contributed by atoms with Crippen LogP contribution in [0.3, 0.4) is 0 Å². The van der Waals surface area contributed by atoms with Crippen LogP contribution in [-0.2, 0) is 0 Å². The Kier molecular flexibility index (Phi) is 3.35. The fourth-order valence-electron chi connectivity index (χ4n) is 2.17. The molecule has 2 rings (SSSR count). The number of hydrogen-bond acceptors (Lipinski definition) is 3. The highest BCUT2D eigenvalue weighted by Gasteiger charge is 2.34. The first kappa shape index (κ1) is 11.7. The summed E-state index contributed by atoms with van der Waals surface area (Å²) >= 11 is 3.17. The molecule has 16 heavy (non-hydrogen) atoms. The van der Waals surface area contributed by atoms with E-state index in [0.717, 1.165) is 25.7 Å². The summed E-state index contributed by atoms with van der Waals surface area (Å²) in [5.41, 5.74) is 6.08. The lowest BCUT2D eigenvalue weighted by molar-refractivity contribution is 0.0902. The Hall–Kier alpha value is -0.810. The average Bonchev–Trinajstić information content (AvgIpc) is 2.88. The lowest BCUT2D eigenvalue weighted by atomic mass is 9.97. The molecule has 0 atom stereocenters. The summed E-state index contributed by atoms with van der Waals surface area (Å²) in [6.45, 7) is 0.498. The van der Waals surface area contributed by atoms with Crippen LogP contribution in [0.25, 0.3) is 0 Å². The van der Waals surface area contributed by atoms with E-state index in [4.69, 9.17) is 10.2 Å². The molecule has 0 aliphatic heterocycles. The number of halogens is 1. The molecular weight excluding hydrogens is 272 g/mol. The predicted molar refractivity (Wildman–Crippen MR) is 64.1 cm³/mol. The van der Waals surface area contributed by atoms with Crippen LogP contribution >= 0.6 is 15.9 Å². The van der Waals surface area contributed by atoms with Gasteiger partial charge in [-0.25, -0.2) is 0 Å². The molecule has 4 nitrogen and oxygen atoms in total. The minimum Gasteiger partial charge on any atom is -0.457 e. The summed E-state index contributed by atoms with van der Waals surface area (Å²) < 4.78 is 5.60. The van der Waals surface area contributed by atoms with Crippen LogP contribution < -0.4 is 11.1 Å². The zero-order valence-electron chi connectivity index (χ0n) is 8.96. The molecule has 0 radical (unpaired) electrons. The van der Waals surface area contributed by atoms with Crippen molar-refractivity contribution in [1.29, 1.82) is 0 Å². The van der Waals surface area contributed by atoms with Crippen molar-refractivity contribution >= 4 is 21.8 Å². The van der Waals surface area contributed by atoms with Gasteiger partial charge in [0.1, 0.15) is 6.26 Å². The van der Waals surface area contributed by atoms with E-state index in [2.05, 4.69) is 21.2 Å². The van der Waals surface area contributed by atoms with E-state index in [1.807, 2.05) is 0 Å². The third-order valence-corrected chi connectivity index (χ3v) is 3.58. The van der Waals surface area contributed by atoms with Crippen LogP contribution in [0.15, 0.2) is 21.4 Å². The average molecular weight is 287 g/mol. The van der Waals surface area contributed by atoms with Crippen LogP contribution in [-0.4, -0.2) is 18.0 Å². The lowest BCUT2D eigenvalue weighted by Gasteiger charge is -2.28. The molecule has 1 aromatic rings. The quantitative estimate of drug-likeness (QED) is 0.894. The molecule has 1 heterocycles. The molecule has 0 spiro atoms. The number of carbonyl (C=O) groups excluding carboxylic acids is 1. The monoisotopic (exact) mass is 286 g/mol. The molecule has 3 N–H and O–H groups in total. The molecule has 1 fully saturated rings. The van der Waals surface area contributed by atoms with Gasteiger partial charge in [0.25, 0.3) is 5.91 Å². The van der Waals surface area contributed by atoms with E-state index in [9.17, 15) is 4.79 Å². The van der Waals surface area contributed by atoms with Gasteiger partial charge in [0.15, 0.2) is 4.67 Å². The maximum atomic E-state index is 11.9. The second-order valence-corrected chi connectivity index (χ2v) is 5.07. The second-order valence-electron chi connectivity index (χ2n) is 4.29. The van der Waals surface area contributed by atoms with Crippen molar-refractivity contribution in [3.63, 3.8) is 0 Å². The topological polar surface area (TPSA) is 68.3 Å². The predicted octanol–water partition coefficient (Wildman–Crippen LogP) is 2.04. The summed E-state index contributed by atoms with van der Waals surface area (Å²) in [4.78, 5) is 11.9. The summed E-state index contributed by atoms with van der Waals surface area (Å²) in [6, 6.07) is 1.66. The highest BCUT2D eigenvalue weighted by molar-refractivity contribution is 9.10. The molecular formula is C11H15BrN2O2. The van der Waals surface area contributed by atoms with Gasteiger partial charge in [-0.05, 0) is 28.8 Å². The Morgan fingerprint density at radius 2 is 2.25 bits per heavy atom. The Balaban J connectivity index is 2.06. The van der Waals surface area contributed by atoms with Crippen molar-refractivity contribution in [2.75, 3.05) is 6.54 Å². The Morgan fingerprint density at radius 1 is 1.56 bits per heavy atom. The molecule has 1 amide bonds. The number of furan rings is 1. The number of nitrogens with one attached hydrogen (secondary N) is 1. The van der Waals surface area contributed by atoms with E-state index >= 15 is 0 Å². The van der Waals surface area contributed by atoms with Gasteiger partial charge in [-0.15, -0.1) is 0 Å². The fraction of sp³-hybridized carbons (Fsp3) is 0.545. The van der Waals surface area contributed by atoms with Crippen LogP contribution in [0.5, 0.6) is 0 Å². The first-order chi connectivity index (χ1) is 7.65. The van der Waals surface area contributed by atoms with Crippen molar-refractivity contribution in [3.05, 3.63) is 22.6 Å². The number of nitrogens with two attached hydrogens (primary N) is 1. The summed E-state index contributed by atoms with van der Waals surface area (Å²) in [6.07, 6.45) is 5.64. The largest absolute Gasteiger partial charge is 0.457 e. The third kappa shape index (κ3) is 2.30. The summed E-state index contributed by atoms with van der Waals surface area (Å²) in [5.74, 6) is -0.109. The minimum atomic E-state index is -0.208. The molecule has 5 heteroatoms. The molecule has 0 aromatic carbocycles. The Bertz CT molecular complexity index is 383. The molecule has 88 valence electrons. The van der Waals surface area contributed by atoms with E-state index in [0.29, 0.717) is 16.8 Å². The highest BCUT2D eigenvalue weighted by atomic mass is 79.9. The SMILES string of the molecule is NCC1(NC(=O)c2coc(Br)c2)CCCC1. The Labute approximate surface area is 103 Å². The van der Waals surface area contributed by atoms with Crippen LogP contribution in [0.4, 0.5) is 0 Å². The third-order valence-electron chi connectivity index (χ3n) is 3.16. The second kappa shape index (κ2) is 4.59. The van der Waals surface area contributed by atoms with Crippen molar-refractivity contribution < 1.29 is 9.21 Å². The molecule has 0 saturated heterocycles. The van der Waals surface area contributed by atoms with E-state index in [-0.39, 0.29) is 11.4 Å². The van der Waals surface area contributed by atoms with E-state index in [1.54, 1.807) is 6.07 Å². The standard InChI is InChI=1S/C11H15BrN2O2/c12-9-5-8(6-16-9)10(15)14-11(7-13)3-1-2-4-11/h5-6H,1-4,7,13H2,(H,14,15). The number of rotatable bonds is 3. The van der Waals surface area contributed by atoms with Gasteiger partial charge in [-0.2, -0.15) is 0 Å². The smallest absolute Gasteiger partial charge is 0.255 e. The van der Waals surface area contributed by atoms with Gasteiger partial charge in [-0.1, -0.05) is 12.8 Å². The van der Waals surface area contributed by atoms with Crippen molar-refractivity contribution in [2.24, 2.45) is 5.73 Å². The molecule has 1 aromatic heterocycles. The van der Waals surface area contributed by atoms with E-state index < -0.39 is 0 Å². The van der Waals surface area contributed by atoms with Gasteiger partial charge < -0.3 is 15.5 Å². The number of carbonyl (C=O) groups is 1. The number of hydrogen-bond donors (Lipinski definition) is 2. The fourth-order valence-corrected chi connectivity index (χ4v) is 2.51. The Morgan fingerprint density at radius 3 is 2.75 bits per heavy atom. The molecule has 1 aliphatic rings. The summed E-state index contributed by atoms with van der Waals surface area (Å²) in [5, 5.41) is 3.03. The van der Waals surface area contributed by atoms with Gasteiger partial charge >= 0.3 is 0 Å². The first-order valence-electron chi connectivity index (χ1n) is 5.42. The zero-order valence-corrected chi connectivity index (χ0v) is 10.5. The first-order valence-corrected chi connectivity index (χ1v) is 6.21. The molecule has 0 bridgehead atoms. The highest BCUT2D eigenvalue weighted by Crippen LogP contribution is 2.29. The van der Waals surface area contributed by atoms with Crippen LogP contribution in [0.2, 0.25) is 0 Å². The number of amides is 1. The van der Waals surface area contributed by atoms with Crippen LogP contribution in [0.1, 0.15) is 36.0 Å². The summed E-state index contributed by atoms with van der Waals surface area (Å²) in [7, 11) is 0. The minimum absolute atomic E-state index is 0.109. The van der Waals surface area contributed by atoms with E-state index in [1.165, 1.54) is 6.26 Å². The maximum Gasteiger partial charge on any atom is 0.255 e. The molecule has 1 saturated carbocycles.